The smallest absolute Gasteiger partial charge is 0.252 e. The summed E-state index contributed by atoms with van der Waals surface area (Å²) in [5, 5.41) is 12.7. The lowest BCUT2D eigenvalue weighted by Gasteiger charge is -2.26. The van der Waals surface area contributed by atoms with Crippen LogP contribution in [0.4, 0.5) is 0 Å². The maximum atomic E-state index is 13.0. The second-order valence-electron chi connectivity index (χ2n) is 16.2. The number of nitrogens with one attached hydrogen (secondary N) is 1. The Hall–Kier alpha value is -1.93. The molecule has 0 amide bonds. The number of carbonyl (C=O) groups is 1. The first-order chi connectivity index (χ1) is 23.1. The van der Waals surface area contributed by atoms with Gasteiger partial charge in [0.15, 0.2) is 0 Å². The third-order valence-corrected chi connectivity index (χ3v) is 14.0. The van der Waals surface area contributed by atoms with Crippen LogP contribution in [0.2, 0.25) is 8.67 Å². The normalized spacial score (nSPS) is 26.4. The highest BCUT2D eigenvalue weighted by atomic mass is 35.5. The summed E-state index contributed by atoms with van der Waals surface area (Å²) in [7, 11) is 0. The summed E-state index contributed by atoms with van der Waals surface area (Å²) in [6, 6.07) is 12.7. The third kappa shape index (κ3) is 8.33. The molecular formula is C39H50Cl2N4OS2. The summed E-state index contributed by atoms with van der Waals surface area (Å²) in [4.78, 5) is 15.6. The molecule has 258 valence electrons. The molecule has 4 aliphatic carbocycles. The van der Waals surface area contributed by atoms with Gasteiger partial charge in [0.1, 0.15) is 0 Å². The van der Waals surface area contributed by atoms with Crippen molar-refractivity contribution in [3.8, 4) is 0 Å². The molecule has 0 radical (unpaired) electrons. The minimum atomic E-state index is -0.435. The number of hydrogen-bond donors (Lipinski definition) is 1. The summed E-state index contributed by atoms with van der Waals surface area (Å²) in [6.45, 7) is 5.92. The van der Waals surface area contributed by atoms with E-state index in [1.165, 1.54) is 85.4 Å². The Balaban J connectivity index is 0.000000156. The van der Waals surface area contributed by atoms with E-state index in [0.29, 0.717) is 11.8 Å². The van der Waals surface area contributed by atoms with Gasteiger partial charge in [-0.1, -0.05) is 69.7 Å². The molecule has 5 nitrogen and oxygen atoms in total. The fraction of sp³-hybridized carbons (Fsp3) is 0.615. The van der Waals surface area contributed by atoms with E-state index in [0.717, 1.165) is 69.4 Å². The number of aromatic amines is 1. The zero-order chi connectivity index (χ0) is 33.4. The zero-order valence-electron chi connectivity index (χ0n) is 28.7. The molecule has 4 unspecified atom stereocenters. The molecule has 4 heterocycles. The topological polar surface area (TPSA) is 63.6 Å². The zero-order valence-corrected chi connectivity index (χ0v) is 31.8. The van der Waals surface area contributed by atoms with E-state index in [4.69, 9.17) is 28.3 Å². The van der Waals surface area contributed by atoms with Crippen molar-refractivity contribution >= 4 is 51.8 Å². The van der Waals surface area contributed by atoms with E-state index in [-0.39, 0.29) is 5.91 Å². The summed E-state index contributed by atoms with van der Waals surface area (Å²) in [6.07, 6.45) is 17.6. The molecule has 4 saturated carbocycles. The lowest BCUT2D eigenvalue weighted by atomic mass is 9.79. The Kier molecular flexibility index (Phi) is 10.6. The number of hydrogen-bond acceptors (Lipinski definition) is 5. The van der Waals surface area contributed by atoms with Crippen LogP contribution in [-0.4, -0.2) is 25.9 Å². The second-order valence-corrected chi connectivity index (χ2v) is 19.8. The standard InChI is InChI=1S/C22H29ClN2OS.C17H21ClN2S/c1-22(2,3)21(26)25-17(6-7-18-8-9-20(23)27-18)13-19(24-25)16-11-14-4-5-15(10-14)12-16;18-17-6-5-15(21-17)4-3-14-10-16(20-19-14)13-8-11-1-2-12(7-11)9-13/h8-9,13-16H,4-7,10-12H2,1-3H3;5-6,10-13H,1-4,7-9H2,(H,19,20). The molecule has 4 atom stereocenters. The summed E-state index contributed by atoms with van der Waals surface area (Å²) in [5.41, 5.74) is 4.34. The lowest BCUT2D eigenvalue weighted by Crippen LogP contribution is -2.29. The molecule has 1 N–H and O–H groups in total. The minimum absolute atomic E-state index is 0.0896. The van der Waals surface area contributed by atoms with Crippen LogP contribution in [0.3, 0.4) is 0 Å². The number of carbonyl (C=O) groups excluding carboxylic acids is 1. The number of fused-ring (bicyclic) bond motifs is 4. The SMILES string of the molecule is CC(C)(C)C(=O)n1nc(C2CC3CCC(C3)C2)cc1CCc1ccc(Cl)s1.Clc1ccc(CCc2cc(C3CC4CCC(C4)C3)n[nH]2)s1. The van der Waals surface area contributed by atoms with Crippen molar-refractivity contribution in [1.82, 2.24) is 20.0 Å². The van der Waals surface area contributed by atoms with Crippen LogP contribution < -0.4 is 0 Å². The number of aryl methyl sites for hydroxylation is 4. The molecule has 4 aromatic heterocycles. The van der Waals surface area contributed by atoms with Gasteiger partial charge in [-0.3, -0.25) is 9.89 Å². The largest absolute Gasteiger partial charge is 0.282 e. The van der Waals surface area contributed by atoms with Crippen LogP contribution in [0.1, 0.15) is 134 Å². The number of aromatic nitrogens is 4. The number of thiophene rings is 2. The molecule has 4 aliphatic rings. The number of H-pyrrole nitrogens is 1. The van der Waals surface area contributed by atoms with Gasteiger partial charge in [0.25, 0.3) is 5.91 Å². The maximum absolute atomic E-state index is 13.0. The van der Waals surface area contributed by atoms with Gasteiger partial charge in [-0.25, -0.2) is 4.68 Å². The van der Waals surface area contributed by atoms with E-state index in [1.54, 1.807) is 27.4 Å². The van der Waals surface area contributed by atoms with Gasteiger partial charge >= 0.3 is 0 Å². The summed E-state index contributed by atoms with van der Waals surface area (Å²) >= 11 is 15.4. The Morgan fingerprint density at radius 2 is 1.27 bits per heavy atom. The average molecular weight is 726 g/mol. The Bertz CT molecular complexity index is 1670. The van der Waals surface area contributed by atoms with Gasteiger partial charge < -0.3 is 0 Å². The molecule has 0 aromatic carbocycles. The summed E-state index contributed by atoms with van der Waals surface area (Å²) < 4.78 is 3.41. The highest BCUT2D eigenvalue weighted by molar-refractivity contribution is 7.16. The summed E-state index contributed by atoms with van der Waals surface area (Å²) in [5.74, 6) is 5.01. The highest BCUT2D eigenvalue weighted by Gasteiger charge is 2.37. The quantitative estimate of drug-likeness (QED) is 0.197. The van der Waals surface area contributed by atoms with Crippen LogP contribution in [0, 0.1) is 29.1 Å². The van der Waals surface area contributed by atoms with Gasteiger partial charge in [-0.05, 0) is 124 Å². The van der Waals surface area contributed by atoms with Gasteiger partial charge in [-0.15, -0.1) is 22.7 Å². The Labute approximate surface area is 304 Å². The molecule has 4 fully saturated rings. The van der Waals surface area contributed by atoms with Crippen molar-refractivity contribution in [3.63, 3.8) is 0 Å². The van der Waals surface area contributed by atoms with Crippen LogP contribution in [-0.2, 0) is 25.7 Å². The molecule has 0 spiro atoms. The van der Waals surface area contributed by atoms with E-state index in [2.05, 4.69) is 34.5 Å². The molecular weight excluding hydrogens is 675 g/mol. The number of halogens is 2. The molecule has 8 rings (SSSR count). The van der Waals surface area contributed by atoms with Crippen LogP contribution in [0.5, 0.6) is 0 Å². The molecule has 4 aromatic rings. The number of nitrogens with zero attached hydrogens (tertiary/aromatic N) is 3. The van der Waals surface area contributed by atoms with Crippen LogP contribution in [0.15, 0.2) is 36.4 Å². The van der Waals surface area contributed by atoms with Gasteiger partial charge in [0.2, 0.25) is 0 Å². The van der Waals surface area contributed by atoms with E-state index >= 15 is 0 Å². The number of rotatable bonds is 8. The minimum Gasteiger partial charge on any atom is -0.282 e. The predicted octanol–water partition coefficient (Wildman–Crippen LogP) is 11.6. The molecule has 0 aliphatic heterocycles. The van der Waals surface area contributed by atoms with Crippen LogP contribution in [0.25, 0.3) is 0 Å². The van der Waals surface area contributed by atoms with E-state index in [1.807, 2.05) is 32.9 Å². The second kappa shape index (κ2) is 14.7. The van der Waals surface area contributed by atoms with Crippen molar-refractivity contribution in [3.05, 3.63) is 77.6 Å². The predicted molar refractivity (Wildman–Crippen MR) is 200 cm³/mol. The van der Waals surface area contributed by atoms with Crippen molar-refractivity contribution in [2.24, 2.45) is 29.1 Å². The maximum Gasteiger partial charge on any atom is 0.252 e. The van der Waals surface area contributed by atoms with Gasteiger partial charge in [0.05, 0.1) is 20.1 Å². The molecule has 0 saturated heterocycles. The van der Waals surface area contributed by atoms with E-state index < -0.39 is 5.41 Å². The Morgan fingerprint density at radius 3 is 1.77 bits per heavy atom. The monoisotopic (exact) mass is 724 g/mol. The average Bonchev–Trinajstić information content (AvgIpc) is 3.91. The van der Waals surface area contributed by atoms with Crippen LogP contribution >= 0.6 is 45.9 Å². The highest BCUT2D eigenvalue weighted by Crippen LogP contribution is 2.49. The fourth-order valence-electron chi connectivity index (χ4n) is 9.01. The van der Waals surface area contributed by atoms with E-state index in [9.17, 15) is 4.79 Å². The molecule has 4 bridgehead atoms. The van der Waals surface area contributed by atoms with Crippen molar-refractivity contribution < 1.29 is 4.79 Å². The third-order valence-electron chi connectivity index (χ3n) is 11.4. The first kappa shape index (κ1) is 34.5. The van der Waals surface area contributed by atoms with Crippen molar-refractivity contribution in [1.29, 1.82) is 0 Å². The fourth-order valence-corrected chi connectivity index (χ4v) is 11.2. The Morgan fingerprint density at radius 1 is 0.750 bits per heavy atom. The first-order valence-corrected chi connectivity index (χ1v) is 20.6. The first-order valence-electron chi connectivity index (χ1n) is 18.2. The van der Waals surface area contributed by atoms with Crippen molar-refractivity contribution in [2.45, 2.75) is 122 Å². The lowest BCUT2D eigenvalue weighted by molar-refractivity contribution is 0.0743. The van der Waals surface area contributed by atoms with Gasteiger partial charge in [0, 0.05) is 38.4 Å². The molecule has 48 heavy (non-hydrogen) atoms. The van der Waals surface area contributed by atoms with Crippen molar-refractivity contribution in [2.75, 3.05) is 0 Å². The molecule has 9 heteroatoms. The van der Waals surface area contributed by atoms with Gasteiger partial charge in [-0.2, -0.15) is 10.2 Å².